The highest BCUT2D eigenvalue weighted by atomic mass is 32.2. The molecule has 6 nitrogen and oxygen atoms in total. The molecule has 7 heteroatoms. The van der Waals surface area contributed by atoms with E-state index in [1.54, 1.807) is 24.4 Å². The number of ether oxygens (including phenoxy) is 1. The molecule has 0 radical (unpaired) electrons. The zero-order chi connectivity index (χ0) is 22.4. The van der Waals surface area contributed by atoms with E-state index in [1.165, 1.54) is 22.5 Å². The van der Waals surface area contributed by atoms with Gasteiger partial charge in [-0.25, -0.2) is 8.42 Å². The van der Waals surface area contributed by atoms with Crippen LogP contribution in [-0.2, 0) is 16.6 Å². The molecule has 0 unspecified atom stereocenters. The lowest BCUT2D eigenvalue weighted by atomic mass is 10.1. The van der Waals surface area contributed by atoms with E-state index in [9.17, 15) is 13.2 Å². The molecule has 164 valence electrons. The molecule has 0 spiro atoms. The number of aromatic nitrogens is 1. The molecule has 4 rings (SSSR count). The van der Waals surface area contributed by atoms with Crippen molar-refractivity contribution in [2.45, 2.75) is 24.3 Å². The minimum absolute atomic E-state index is 0.213. The van der Waals surface area contributed by atoms with Crippen molar-refractivity contribution in [3.63, 3.8) is 0 Å². The summed E-state index contributed by atoms with van der Waals surface area (Å²) in [5, 5.41) is 0. The second-order valence-corrected chi connectivity index (χ2v) is 9.42. The van der Waals surface area contributed by atoms with Gasteiger partial charge in [0.05, 0.1) is 10.6 Å². The first-order valence-electron chi connectivity index (χ1n) is 10.5. The van der Waals surface area contributed by atoms with Gasteiger partial charge >= 0.3 is 0 Å². The van der Waals surface area contributed by atoms with Crippen LogP contribution in [0, 0.1) is 0 Å². The van der Waals surface area contributed by atoms with Gasteiger partial charge < -0.3 is 4.74 Å². The summed E-state index contributed by atoms with van der Waals surface area (Å²) in [5.41, 5.74) is 2.00. The predicted molar refractivity (Wildman–Crippen MR) is 123 cm³/mol. The quantitative estimate of drug-likeness (QED) is 0.378. The Morgan fingerprint density at radius 3 is 2.41 bits per heavy atom. The first-order chi connectivity index (χ1) is 15.5. The number of hydrogen-bond acceptors (Lipinski definition) is 5. The Balaban J connectivity index is 1.44. The third-order valence-electron chi connectivity index (χ3n) is 5.28. The molecule has 2 aromatic carbocycles. The Morgan fingerprint density at radius 1 is 0.969 bits per heavy atom. The fourth-order valence-corrected chi connectivity index (χ4v) is 5.03. The zero-order valence-electron chi connectivity index (χ0n) is 17.6. The van der Waals surface area contributed by atoms with Crippen molar-refractivity contribution in [3.05, 3.63) is 95.8 Å². The van der Waals surface area contributed by atoms with Gasteiger partial charge in [0, 0.05) is 30.4 Å². The molecule has 0 saturated carbocycles. The van der Waals surface area contributed by atoms with Crippen LogP contribution in [0.1, 0.15) is 34.5 Å². The van der Waals surface area contributed by atoms with E-state index in [4.69, 9.17) is 4.74 Å². The zero-order valence-corrected chi connectivity index (χ0v) is 18.4. The smallest absolute Gasteiger partial charge is 0.243 e. The Bertz CT molecular complexity index is 1200. The van der Waals surface area contributed by atoms with Gasteiger partial charge in [-0.1, -0.05) is 24.3 Å². The summed E-state index contributed by atoms with van der Waals surface area (Å²) < 4.78 is 32.6. The summed E-state index contributed by atoms with van der Waals surface area (Å²) in [6.45, 7) is 1.42. The van der Waals surface area contributed by atoms with Crippen LogP contribution in [0.4, 0.5) is 0 Å². The summed E-state index contributed by atoms with van der Waals surface area (Å²) in [7, 11) is -3.49. The van der Waals surface area contributed by atoms with E-state index in [2.05, 4.69) is 4.98 Å². The average Bonchev–Trinajstić information content (AvgIpc) is 3.38. The van der Waals surface area contributed by atoms with Gasteiger partial charge in [-0.2, -0.15) is 4.31 Å². The van der Waals surface area contributed by atoms with Crippen molar-refractivity contribution < 1.29 is 17.9 Å². The van der Waals surface area contributed by atoms with Gasteiger partial charge in [-0.05, 0) is 67.5 Å². The third kappa shape index (κ3) is 5.12. The van der Waals surface area contributed by atoms with Gasteiger partial charge in [0.2, 0.25) is 10.0 Å². The first kappa shape index (κ1) is 21.9. The van der Waals surface area contributed by atoms with E-state index >= 15 is 0 Å². The van der Waals surface area contributed by atoms with Gasteiger partial charge in [0.15, 0.2) is 5.78 Å². The largest absolute Gasteiger partial charge is 0.487 e. The van der Waals surface area contributed by atoms with Crippen molar-refractivity contribution in [3.8, 4) is 5.75 Å². The summed E-state index contributed by atoms with van der Waals surface area (Å²) in [6.07, 6.45) is 6.64. The Morgan fingerprint density at radius 2 is 1.69 bits per heavy atom. The van der Waals surface area contributed by atoms with Crippen LogP contribution in [0.3, 0.4) is 0 Å². The Hall–Kier alpha value is -3.29. The van der Waals surface area contributed by atoms with E-state index in [0.29, 0.717) is 31.0 Å². The van der Waals surface area contributed by atoms with E-state index in [1.807, 2.05) is 42.5 Å². The highest BCUT2D eigenvalue weighted by Gasteiger charge is 2.27. The second-order valence-electron chi connectivity index (χ2n) is 7.48. The van der Waals surface area contributed by atoms with Crippen LogP contribution in [-0.4, -0.2) is 36.6 Å². The number of rotatable bonds is 8. The predicted octanol–water partition coefficient (Wildman–Crippen LogP) is 4.34. The molecule has 0 bridgehead atoms. The molecule has 2 heterocycles. The van der Waals surface area contributed by atoms with Crippen LogP contribution >= 0.6 is 0 Å². The van der Waals surface area contributed by atoms with Crippen molar-refractivity contribution in [1.29, 1.82) is 0 Å². The van der Waals surface area contributed by atoms with Crippen LogP contribution in [0.5, 0.6) is 5.75 Å². The second kappa shape index (κ2) is 9.89. The number of benzene rings is 2. The average molecular weight is 449 g/mol. The maximum absolute atomic E-state index is 12.6. The molecule has 1 aliphatic heterocycles. The number of allylic oxidation sites excluding steroid dienone is 1. The molecule has 1 aromatic heterocycles. The molecular formula is C25H24N2O4S. The first-order valence-corrected chi connectivity index (χ1v) is 11.9. The van der Waals surface area contributed by atoms with Crippen molar-refractivity contribution in [1.82, 2.24) is 9.29 Å². The molecule has 0 atom stereocenters. The van der Waals surface area contributed by atoms with Gasteiger partial charge in [0.25, 0.3) is 0 Å². The minimum atomic E-state index is -3.49. The molecule has 1 aliphatic rings. The summed E-state index contributed by atoms with van der Waals surface area (Å²) in [5.74, 6) is 0.434. The van der Waals surface area contributed by atoms with Gasteiger partial charge in [-0.15, -0.1) is 0 Å². The van der Waals surface area contributed by atoms with Gasteiger partial charge in [-0.3, -0.25) is 9.78 Å². The number of sulfonamides is 1. The number of carbonyl (C=O) groups is 1. The maximum atomic E-state index is 12.6. The monoisotopic (exact) mass is 448 g/mol. The maximum Gasteiger partial charge on any atom is 0.243 e. The fourth-order valence-electron chi connectivity index (χ4n) is 3.52. The highest BCUT2D eigenvalue weighted by molar-refractivity contribution is 7.89. The molecule has 0 aliphatic carbocycles. The lowest BCUT2D eigenvalue weighted by Crippen LogP contribution is -2.27. The van der Waals surface area contributed by atoms with Crippen molar-refractivity contribution in [2.24, 2.45) is 0 Å². The van der Waals surface area contributed by atoms with Crippen LogP contribution in [0.25, 0.3) is 6.08 Å². The SMILES string of the molecule is O=C(/C=C/c1ccccc1OCc1ccccn1)c1ccc(S(=O)(=O)N2CCCC2)cc1. The Kier molecular flexibility index (Phi) is 6.78. The number of hydrogen-bond donors (Lipinski definition) is 0. The number of ketones is 1. The standard InChI is InChI=1S/C25H24N2O4S/c28-24(20-10-13-23(14-11-20)32(29,30)27-17-5-6-18-27)15-12-21-7-1-2-9-25(21)31-19-22-8-3-4-16-26-22/h1-4,7-16H,5-6,17-19H2/b15-12+. The van der Waals surface area contributed by atoms with Gasteiger partial charge in [0.1, 0.15) is 12.4 Å². The molecule has 32 heavy (non-hydrogen) atoms. The number of nitrogens with zero attached hydrogens (tertiary/aromatic N) is 2. The van der Waals surface area contributed by atoms with E-state index < -0.39 is 10.0 Å². The lowest BCUT2D eigenvalue weighted by molar-refractivity contribution is 0.104. The number of pyridine rings is 1. The molecule has 0 amide bonds. The van der Waals surface area contributed by atoms with Crippen LogP contribution < -0.4 is 4.74 Å². The molecule has 1 saturated heterocycles. The molecule has 3 aromatic rings. The van der Waals surface area contributed by atoms with Crippen molar-refractivity contribution >= 4 is 21.9 Å². The van der Waals surface area contributed by atoms with Crippen molar-refractivity contribution in [2.75, 3.05) is 13.1 Å². The molecular weight excluding hydrogens is 424 g/mol. The van der Waals surface area contributed by atoms with Crippen LogP contribution in [0.15, 0.2) is 83.9 Å². The van der Waals surface area contributed by atoms with E-state index in [0.717, 1.165) is 24.1 Å². The number of carbonyl (C=O) groups excluding carboxylic acids is 1. The normalized spacial score (nSPS) is 14.6. The minimum Gasteiger partial charge on any atom is -0.487 e. The Labute approximate surface area is 188 Å². The summed E-state index contributed by atoms with van der Waals surface area (Å²) in [6, 6.07) is 19.2. The van der Waals surface area contributed by atoms with E-state index in [-0.39, 0.29) is 10.7 Å². The molecule has 0 N–H and O–H groups in total. The molecule has 1 fully saturated rings. The fraction of sp³-hybridized carbons (Fsp3) is 0.200. The number of para-hydroxylation sites is 1. The third-order valence-corrected chi connectivity index (χ3v) is 7.19. The summed E-state index contributed by atoms with van der Waals surface area (Å²) >= 11 is 0. The topological polar surface area (TPSA) is 76.6 Å². The summed E-state index contributed by atoms with van der Waals surface area (Å²) in [4.78, 5) is 17.1. The lowest BCUT2D eigenvalue weighted by Gasteiger charge is -2.15. The van der Waals surface area contributed by atoms with Crippen LogP contribution in [0.2, 0.25) is 0 Å². The highest BCUT2D eigenvalue weighted by Crippen LogP contribution is 2.23.